The van der Waals surface area contributed by atoms with E-state index >= 15 is 0 Å². The maximum Gasteiger partial charge on any atom is 0.226 e. The Morgan fingerprint density at radius 1 is 1.36 bits per heavy atom. The number of pyridine rings is 1. The van der Waals surface area contributed by atoms with Crippen LogP contribution in [-0.2, 0) is 11.3 Å². The fourth-order valence-electron chi connectivity index (χ4n) is 3.45. The Hall–Kier alpha value is -1.42. The van der Waals surface area contributed by atoms with E-state index in [1.807, 2.05) is 24.4 Å². The first-order valence-corrected chi connectivity index (χ1v) is 8.49. The van der Waals surface area contributed by atoms with Crippen molar-refractivity contribution in [3.63, 3.8) is 0 Å². The van der Waals surface area contributed by atoms with Gasteiger partial charge in [0.2, 0.25) is 5.91 Å². The minimum absolute atomic E-state index is 0.183. The topological polar surface area (TPSA) is 45.2 Å². The van der Waals surface area contributed by atoms with E-state index in [1.54, 1.807) is 0 Å². The van der Waals surface area contributed by atoms with Gasteiger partial charge in [-0.1, -0.05) is 19.9 Å². The minimum atomic E-state index is 0.183. The predicted octanol–water partition coefficient (Wildman–Crippen LogP) is 2.60. The van der Waals surface area contributed by atoms with Crippen molar-refractivity contribution in [2.75, 3.05) is 13.1 Å². The molecule has 2 fully saturated rings. The van der Waals surface area contributed by atoms with Crippen LogP contribution in [0.5, 0.6) is 0 Å². The van der Waals surface area contributed by atoms with Gasteiger partial charge in [0, 0.05) is 18.2 Å². The molecule has 0 radical (unpaired) electrons. The van der Waals surface area contributed by atoms with Gasteiger partial charge in [-0.25, -0.2) is 0 Å². The Balaban J connectivity index is 1.76. The molecular weight excluding hydrogens is 274 g/mol. The molecule has 0 spiro atoms. The summed E-state index contributed by atoms with van der Waals surface area (Å²) >= 11 is 0. The molecule has 3 rings (SSSR count). The molecule has 1 amide bonds. The molecule has 1 saturated carbocycles. The number of hydrogen-bond donors (Lipinski definition) is 1. The van der Waals surface area contributed by atoms with E-state index in [0.29, 0.717) is 18.5 Å². The molecule has 1 N–H and O–H groups in total. The van der Waals surface area contributed by atoms with E-state index in [9.17, 15) is 4.79 Å². The summed E-state index contributed by atoms with van der Waals surface area (Å²) in [5, 5.41) is 3.44. The van der Waals surface area contributed by atoms with Gasteiger partial charge in [-0.2, -0.15) is 0 Å². The molecule has 2 unspecified atom stereocenters. The normalized spacial score (nSPS) is 27.0. The van der Waals surface area contributed by atoms with Gasteiger partial charge in [0.25, 0.3) is 0 Å². The van der Waals surface area contributed by atoms with Gasteiger partial charge in [-0.05, 0) is 56.3 Å². The van der Waals surface area contributed by atoms with Crippen molar-refractivity contribution < 1.29 is 4.79 Å². The highest BCUT2D eigenvalue weighted by Crippen LogP contribution is 2.52. The molecule has 1 aliphatic carbocycles. The molecular formula is C18H27N3O. The van der Waals surface area contributed by atoms with Gasteiger partial charge in [-0.15, -0.1) is 0 Å². The van der Waals surface area contributed by atoms with Crippen LogP contribution in [0.1, 0.15) is 45.2 Å². The van der Waals surface area contributed by atoms with Crippen LogP contribution in [0.4, 0.5) is 0 Å². The number of amides is 1. The maximum absolute atomic E-state index is 13.0. The summed E-state index contributed by atoms with van der Waals surface area (Å²) in [4.78, 5) is 19.6. The van der Waals surface area contributed by atoms with Crippen molar-refractivity contribution in [1.82, 2.24) is 15.2 Å². The highest BCUT2D eigenvalue weighted by Gasteiger charge is 2.52. The second-order valence-corrected chi connectivity index (χ2v) is 7.37. The Kier molecular flexibility index (Phi) is 4.48. The zero-order valence-electron chi connectivity index (χ0n) is 13.7. The maximum atomic E-state index is 13.0. The lowest BCUT2D eigenvalue weighted by Gasteiger charge is -2.31. The molecule has 0 aromatic carbocycles. The lowest BCUT2D eigenvalue weighted by Crippen LogP contribution is -2.42. The Bertz CT molecular complexity index is 506. The lowest BCUT2D eigenvalue weighted by molar-refractivity contribution is -0.136. The van der Waals surface area contributed by atoms with Crippen LogP contribution >= 0.6 is 0 Å². The van der Waals surface area contributed by atoms with E-state index in [-0.39, 0.29) is 11.3 Å². The minimum Gasteiger partial charge on any atom is -0.334 e. The number of hydrogen-bond acceptors (Lipinski definition) is 3. The summed E-state index contributed by atoms with van der Waals surface area (Å²) < 4.78 is 0. The molecule has 2 aliphatic rings. The number of carbonyl (C=O) groups is 1. The Morgan fingerprint density at radius 2 is 2.18 bits per heavy atom. The summed E-state index contributed by atoms with van der Waals surface area (Å²) in [6.07, 6.45) is 6.12. The summed E-state index contributed by atoms with van der Waals surface area (Å²) in [5.74, 6) is 0.537. The zero-order valence-corrected chi connectivity index (χ0v) is 13.7. The SMILES string of the molecule is CC1(C)CC1C(=O)N(Cc1ccccn1)C1CCCNCC1. The second kappa shape index (κ2) is 6.37. The molecule has 1 aromatic rings. The van der Waals surface area contributed by atoms with Gasteiger partial charge in [0.1, 0.15) is 0 Å². The van der Waals surface area contributed by atoms with E-state index in [4.69, 9.17) is 0 Å². The Labute approximate surface area is 133 Å². The highest BCUT2D eigenvalue weighted by atomic mass is 16.2. The highest BCUT2D eigenvalue weighted by molar-refractivity contribution is 5.82. The third-order valence-corrected chi connectivity index (χ3v) is 5.14. The van der Waals surface area contributed by atoms with E-state index in [0.717, 1.165) is 44.5 Å². The third-order valence-electron chi connectivity index (χ3n) is 5.14. The van der Waals surface area contributed by atoms with Gasteiger partial charge in [0.05, 0.1) is 12.2 Å². The molecule has 2 heterocycles. The second-order valence-electron chi connectivity index (χ2n) is 7.37. The first-order chi connectivity index (χ1) is 10.6. The van der Waals surface area contributed by atoms with Gasteiger partial charge >= 0.3 is 0 Å². The average molecular weight is 301 g/mol. The van der Waals surface area contributed by atoms with Crippen molar-refractivity contribution in [2.45, 2.75) is 52.1 Å². The third kappa shape index (κ3) is 3.49. The molecule has 22 heavy (non-hydrogen) atoms. The number of nitrogens with one attached hydrogen (secondary N) is 1. The largest absolute Gasteiger partial charge is 0.334 e. The number of nitrogens with zero attached hydrogens (tertiary/aromatic N) is 2. The van der Waals surface area contributed by atoms with E-state index in [1.165, 1.54) is 0 Å². The zero-order chi connectivity index (χ0) is 15.6. The molecule has 1 aliphatic heterocycles. The first kappa shape index (κ1) is 15.5. The van der Waals surface area contributed by atoms with Gasteiger partial charge in [-0.3, -0.25) is 9.78 Å². The summed E-state index contributed by atoms with van der Waals surface area (Å²) in [7, 11) is 0. The fraction of sp³-hybridized carbons (Fsp3) is 0.667. The molecule has 0 bridgehead atoms. The smallest absolute Gasteiger partial charge is 0.226 e. The molecule has 1 saturated heterocycles. The summed E-state index contributed by atoms with van der Waals surface area (Å²) in [5.41, 5.74) is 1.18. The van der Waals surface area contributed by atoms with Crippen LogP contribution in [0, 0.1) is 11.3 Å². The standard InChI is InChI=1S/C18H27N3O/c1-18(2)12-16(18)17(22)21(13-14-6-3-4-10-20-14)15-7-5-9-19-11-8-15/h3-4,6,10,15-16,19H,5,7-9,11-13H2,1-2H3. The van der Waals surface area contributed by atoms with Crippen molar-refractivity contribution in [2.24, 2.45) is 11.3 Å². The average Bonchev–Trinajstić information content (AvgIpc) is 3.22. The van der Waals surface area contributed by atoms with Crippen LogP contribution in [0.2, 0.25) is 0 Å². The quantitative estimate of drug-likeness (QED) is 0.930. The fourth-order valence-corrected chi connectivity index (χ4v) is 3.45. The molecule has 120 valence electrons. The van der Waals surface area contributed by atoms with E-state index < -0.39 is 0 Å². The van der Waals surface area contributed by atoms with Crippen LogP contribution in [0.15, 0.2) is 24.4 Å². The van der Waals surface area contributed by atoms with Crippen LogP contribution in [0.3, 0.4) is 0 Å². The lowest BCUT2D eigenvalue weighted by atomic mass is 10.0. The van der Waals surface area contributed by atoms with Crippen LogP contribution < -0.4 is 5.32 Å². The summed E-state index contributed by atoms with van der Waals surface area (Å²) in [6.45, 7) is 7.12. The van der Waals surface area contributed by atoms with Gasteiger partial charge in [0.15, 0.2) is 0 Å². The predicted molar refractivity (Wildman–Crippen MR) is 87.2 cm³/mol. The molecule has 1 aromatic heterocycles. The number of carbonyl (C=O) groups excluding carboxylic acids is 1. The first-order valence-electron chi connectivity index (χ1n) is 8.49. The monoisotopic (exact) mass is 301 g/mol. The number of rotatable bonds is 4. The van der Waals surface area contributed by atoms with Crippen molar-refractivity contribution in [3.8, 4) is 0 Å². The van der Waals surface area contributed by atoms with Crippen LogP contribution in [0.25, 0.3) is 0 Å². The van der Waals surface area contributed by atoms with Crippen molar-refractivity contribution >= 4 is 5.91 Å². The van der Waals surface area contributed by atoms with Crippen molar-refractivity contribution in [3.05, 3.63) is 30.1 Å². The molecule has 2 atom stereocenters. The van der Waals surface area contributed by atoms with Crippen LogP contribution in [-0.4, -0.2) is 34.9 Å². The van der Waals surface area contributed by atoms with E-state index in [2.05, 4.69) is 29.0 Å². The van der Waals surface area contributed by atoms with Crippen molar-refractivity contribution in [1.29, 1.82) is 0 Å². The molecule has 4 nitrogen and oxygen atoms in total. The van der Waals surface area contributed by atoms with Gasteiger partial charge < -0.3 is 10.2 Å². The Morgan fingerprint density at radius 3 is 2.86 bits per heavy atom. The molecule has 4 heteroatoms. The number of aromatic nitrogens is 1. The summed E-state index contributed by atoms with van der Waals surface area (Å²) in [6, 6.07) is 6.30.